The van der Waals surface area contributed by atoms with Crippen LogP contribution < -0.4 is 15.4 Å². The second kappa shape index (κ2) is 8.78. The smallest absolute Gasteiger partial charge is 0.315 e. The number of carbonyl (C=O) groups excluding carboxylic acids is 1. The molecule has 5 heteroatoms. The van der Waals surface area contributed by atoms with E-state index >= 15 is 0 Å². The number of amides is 2. The van der Waals surface area contributed by atoms with E-state index in [1.54, 1.807) is 6.20 Å². The lowest BCUT2D eigenvalue weighted by Gasteiger charge is -2.18. The van der Waals surface area contributed by atoms with Crippen LogP contribution in [0.3, 0.4) is 0 Å². The molecule has 0 fully saturated rings. The third-order valence-corrected chi connectivity index (χ3v) is 5.37. The van der Waals surface area contributed by atoms with Gasteiger partial charge in [0.05, 0.1) is 5.69 Å². The predicted octanol–water partition coefficient (Wildman–Crippen LogP) is 4.19. The standard InChI is InChI=1S/C24H25N3O2/c1-17-22-11-3-2-8-19(22)14-23(17)27-24(28)26-15-18-7-6-10-21(13-18)29-16-20-9-4-5-12-25-20/h2-13,17,23H,14-16H2,1H3,(H2,26,27,28)/t17-,23+/m0/s1. The molecule has 0 aliphatic heterocycles. The van der Waals surface area contributed by atoms with Gasteiger partial charge in [-0.05, 0) is 47.4 Å². The molecule has 2 atom stereocenters. The molecule has 1 heterocycles. The molecular weight excluding hydrogens is 362 g/mol. The average Bonchev–Trinajstić information content (AvgIpc) is 3.07. The highest BCUT2D eigenvalue weighted by molar-refractivity contribution is 5.74. The quantitative estimate of drug-likeness (QED) is 0.667. The number of rotatable bonds is 6. The largest absolute Gasteiger partial charge is 0.487 e. The van der Waals surface area contributed by atoms with Gasteiger partial charge in [0.15, 0.2) is 0 Å². The van der Waals surface area contributed by atoms with Crippen LogP contribution in [0.1, 0.15) is 35.2 Å². The van der Waals surface area contributed by atoms with Crippen molar-refractivity contribution in [3.8, 4) is 5.75 Å². The number of hydrogen-bond acceptors (Lipinski definition) is 3. The monoisotopic (exact) mass is 387 g/mol. The lowest BCUT2D eigenvalue weighted by molar-refractivity contribution is 0.235. The van der Waals surface area contributed by atoms with Crippen LogP contribution in [0.2, 0.25) is 0 Å². The molecule has 29 heavy (non-hydrogen) atoms. The molecule has 1 aliphatic rings. The zero-order valence-electron chi connectivity index (χ0n) is 16.5. The molecule has 0 unspecified atom stereocenters. The van der Waals surface area contributed by atoms with E-state index in [2.05, 4.69) is 46.8 Å². The molecule has 1 aromatic heterocycles. The van der Waals surface area contributed by atoms with Crippen LogP contribution in [-0.2, 0) is 19.6 Å². The molecular formula is C24H25N3O2. The molecule has 0 radical (unpaired) electrons. The van der Waals surface area contributed by atoms with Gasteiger partial charge in [-0.1, -0.05) is 49.4 Å². The molecule has 3 aromatic rings. The molecule has 2 aromatic carbocycles. The lowest BCUT2D eigenvalue weighted by atomic mass is 10.0. The Morgan fingerprint density at radius 2 is 1.97 bits per heavy atom. The van der Waals surface area contributed by atoms with Gasteiger partial charge in [-0.15, -0.1) is 0 Å². The van der Waals surface area contributed by atoms with Crippen LogP contribution in [0, 0.1) is 0 Å². The Bertz CT molecular complexity index is 975. The Morgan fingerprint density at radius 1 is 1.10 bits per heavy atom. The number of urea groups is 1. The second-order valence-corrected chi connectivity index (χ2v) is 7.38. The number of fused-ring (bicyclic) bond motifs is 1. The molecule has 0 saturated carbocycles. The molecule has 2 N–H and O–H groups in total. The highest BCUT2D eigenvalue weighted by atomic mass is 16.5. The summed E-state index contributed by atoms with van der Waals surface area (Å²) in [7, 11) is 0. The van der Waals surface area contributed by atoms with Crippen LogP contribution in [0.15, 0.2) is 72.9 Å². The summed E-state index contributed by atoms with van der Waals surface area (Å²) in [6.45, 7) is 3.03. The van der Waals surface area contributed by atoms with Crippen LogP contribution in [0.25, 0.3) is 0 Å². The number of pyridine rings is 1. The van der Waals surface area contributed by atoms with Gasteiger partial charge in [0.1, 0.15) is 12.4 Å². The third-order valence-electron chi connectivity index (χ3n) is 5.37. The number of nitrogens with zero attached hydrogens (tertiary/aromatic N) is 1. The van der Waals surface area contributed by atoms with E-state index in [1.165, 1.54) is 11.1 Å². The van der Waals surface area contributed by atoms with Crippen molar-refractivity contribution in [3.63, 3.8) is 0 Å². The van der Waals surface area contributed by atoms with E-state index in [-0.39, 0.29) is 12.1 Å². The van der Waals surface area contributed by atoms with E-state index < -0.39 is 0 Å². The van der Waals surface area contributed by atoms with Crippen molar-refractivity contribution >= 4 is 6.03 Å². The van der Waals surface area contributed by atoms with Crippen molar-refractivity contribution in [1.82, 2.24) is 15.6 Å². The van der Waals surface area contributed by atoms with Crippen molar-refractivity contribution in [2.75, 3.05) is 0 Å². The fourth-order valence-corrected chi connectivity index (χ4v) is 3.76. The normalized spacial score (nSPS) is 17.4. The van der Waals surface area contributed by atoms with Gasteiger partial charge in [0.2, 0.25) is 0 Å². The summed E-state index contributed by atoms with van der Waals surface area (Å²) in [4.78, 5) is 16.7. The SMILES string of the molecule is C[C@H]1c2ccccc2C[C@H]1NC(=O)NCc1cccc(OCc2ccccn2)c1. The van der Waals surface area contributed by atoms with E-state index in [0.717, 1.165) is 23.4 Å². The van der Waals surface area contributed by atoms with Crippen molar-refractivity contribution in [1.29, 1.82) is 0 Å². The van der Waals surface area contributed by atoms with E-state index in [4.69, 9.17) is 4.74 Å². The number of nitrogens with one attached hydrogen (secondary N) is 2. The minimum atomic E-state index is -0.144. The van der Waals surface area contributed by atoms with Gasteiger partial charge in [-0.3, -0.25) is 4.98 Å². The van der Waals surface area contributed by atoms with Crippen molar-refractivity contribution < 1.29 is 9.53 Å². The minimum Gasteiger partial charge on any atom is -0.487 e. The summed E-state index contributed by atoms with van der Waals surface area (Å²) < 4.78 is 5.81. The van der Waals surface area contributed by atoms with Gasteiger partial charge in [-0.2, -0.15) is 0 Å². The zero-order valence-corrected chi connectivity index (χ0v) is 16.5. The van der Waals surface area contributed by atoms with Gasteiger partial charge in [0, 0.05) is 24.7 Å². The Kier molecular flexibility index (Phi) is 5.75. The van der Waals surface area contributed by atoms with Crippen LogP contribution in [0.4, 0.5) is 4.79 Å². The molecule has 4 rings (SSSR count). The summed E-state index contributed by atoms with van der Waals surface area (Å²) >= 11 is 0. The first kappa shape index (κ1) is 19.0. The molecule has 5 nitrogen and oxygen atoms in total. The molecule has 0 spiro atoms. The maximum absolute atomic E-state index is 12.4. The minimum absolute atomic E-state index is 0.125. The topological polar surface area (TPSA) is 63.2 Å². The first-order chi connectivity index (χ1) is 14.2. The number of carbonyl (C=O) groups is 1. The van der Waals surface area contributed by atoms with Gasteiger partial charge in [0.25, 0.3) is 0 Å². The van der Waals surface area contributed by atoms with Crippen LogP contribution in [-0.4, -0.2) is 17.1 Å². The fourth-order valence-electron chi connectivity index (χ4n) is 3.76. The second-order valence-electron chi connectivity index (χ2n) is 7.38. The van der Waals surface area contributed by atoms with Gasteiger partial charge >= 0.3 is 6.03 Å². The Labute approximate surface area is 171 Å². The first-order valence-corrected chi connectivity index (χ1v) is 9.93. The van der Waals surface area contributed by atoms with Crippen molar-refractivity contribution in [2.24, 2.45) is 0 Å². The summed E-state index contributed by atoms with van der Waals surface area (Å²) in [6, 6.07) is 21.9. The number of benzene rings is 2. The predicted molar refractivity (Wildman–Crippen MR) is 113 cm³/mol. The Morgan fingerprint density at radius 3 is 2.79 bits per heavy atom. The summed E-state index contributed by atoms with van der Waals surface area (Å²) in [5, 5.41) is 6.07. The molecule has 0 bridgehead atoms. The summed E-state index contributed by atoms with van der Waals surface area (Å²) in [5.74, 6) is 1.08. The summed E-state index contributed by atoms with van der Waals surface area (Å²) in [6.07, 6.45) is 2.63. The molecule has 0 saturated heterocycles. The number of aromatic nitrogens is 1. The summed E-state index contributed by atoms with van der Waals surface area (Å²) in [5.41, 5.74) is 4.52. The molecule has 148 valence electrons. The van der Waals surface area contributed by atoms with Crippen molar-refractivity contribution in [3.05, 3.63) is 95.3 Å². The van der Waals surface area contributed by atoms with E-state index in [0.29, 0.717) is 19.1 Å². The average molecular weight is 387 g/mol. The third kappa shape index (κ3) is 4.74. The fraction of sp³-hybridized carbons (Fsp3) is 0.250. The Hall–Kier alpha value is -3.34. The zero-order chi connectivity index (χ0) is 20.1. The van der Waals surface area contributed by atoms with Gasteiger partial charge in [-0.25, -0.2) is 4.79 Å². The van der Waals surface area contributed by atoms with Crippen LogP contribution in [0.5, 0.6) is 5.75 Å². The number of ether oxygens (including phenoxy) is 1. The number of hydrogen-bond donors (Lipinski definition) is 2. The molecule has 1 aliphatic carbocycles. The highest BCUT2D eigenvalue weighted by Gasteiger charge is 2.29. The van der Waals surface area contributed by atoms with E-state index in [1.807, 2.05) is 42.5 Å². The van der Waals surface area contributed by atoms with Crippen molar-refractivity contribution in [2.45, 2.75) is 38.5 Å². The van der Waals surface area contributed by atoms with E-state index in [9.17, 15) is 4.79 Å². The lowest BCUT2D eigenvalue weighted by Crippen LogP contribution is -2.43. The maximum atomic E-state index is 12.4. The maximum Gasteiger partial charge on any atom is 0.315 e. The molecule has 2 amide bonds. The van der Waals surface area contributed by atoms with Crippen LogP contribution >= 0.6 is 0 Å². The first-order valence-electron chi connectivity index (χ1n) is 9.93. The van der Waals surface area contributed by atoms with Gasteiger partial charge < -0.3 is 15.4 Å². The highest BCUT2D eigenvalue weighted by Crippen LogP contribution is 2.32. The Balaban J connectivity index is 1.27.